The van der Waals surface area contributed by atoms with Gasteiger partial charge in [0.05, 0.1) is 18.1 Å². The highest BCUT2D eigenvalue weighted by atomic mass is 19.1. The first kappa shape index (κ1) is 12.9. The van der Waals surface area contributed by atoms with E-state index in [0.717, 1.165) is 17.8 Å². The molecule has 0 fully saturated rings. The van der Waals surface area contributed by atoms with Gasteiger partial charge in [0.2, 0.25) is 0 Å². The second-order valence-corrected chi connectivity index (χ2v) is 3.83. The Balaban J connectivity index is 1.86. The van der Waals surface area contributed by atoms with E-state index in [1.54, 1.807) is 12.1 Å². The minimum atomic E-state index is -0.531. The number of halogens is 2. The number of benzene rings is 1. The Hall–Kier alpha value is -2.50. The summed E-state index contributed by atoms with van der Waals surface area (Å²) in [5.41, 5.74) is 1.02. The number of nitrogens with one attached hydrogen (secondary N) is 2. The fourth-order valence-electron chi connectivity index (χ4n) is 1.44. The van der Waals surface area contributed by atoms with E-state index in [2.05, 4.69) is 15.6 Å². The summed E-state index contributed by atoms with van der Waals surface area (Å²) in [6.45, 7) is 0.245. The molecule has 2 N–H and O–H groups in total. The van der Waals surface area contributed by atoms with E-state index in [-0.39, 0.29) is 18.0 Å². The lowest BCUT2D eigenvalue weighted by Gasteiger charge is -2.07. The van der Waals surface area contributed by atoms with E-state index < -0.39 is 11.8 Å². The number of urea groups is 1. The van der Waals surface area contributed by atoms with Crippen molar-refractivity contribution in [2.75, 3.05) is 5.32 Å². The molecule has 0 bridgehead atoms. The Morgan fingerprint density at radius 1 is 1.11 bits per heavy atom. The highest BCUT2D eigenvalue weighted by Crippen LogP contribution is 2.06. The highest BCUT2D eigenvalue weighted by Gasteiger charge is 2.03. The molecule has 2 rings (SSSR count). The van der Waals surface area contributed by atoms with E-state index in [0.29, 0.717) is 0 Å². The van der Waals surface area contributed by atoms with Gasteiger partial charge in [-0.05, 0) is 17.7 Å². The maximum atomic E-state index is 12.8. The normalized spacial score (nSPS) is 10.0. The third kappa shape index (κ3) is 4.02. The summed E-state index contributed by atoms with van der Waals surface area (Å²) in [4.78, 5) is 15.1. The number of hydrogen-bond donors (Lipinski definition) is 2. The molecule has 98 valence electrons. The zero-order valence-electron chi connectivity index (χ0n) is 9.86. The van der Waals surface area contributed by atoms with E-state index in [1.165, 1.54) is 18.3 Å². The lowest BCUT2D eigenvalue weighted by Crippen LogP contribution is -2.28. The van der Waals surface area contributed by atoms with Crippen LogP contribution in [0, 0.1) is 11.6 Å². The van der Waals surface area contributed by atoms with Crippen LogP contribution in [0.2, 0.25) is 0 Å². The number of carbonyl (C=O) groups excluding carboxylic acids is 1. The molecule has 0 radical (unpaired) electrons. The van der Waals surface area contributed by atoms with Gasteiger partial charge < -0.3 is 10.6 Å². The number of pyridine rings is 1. The molecule has 0 unspecified atom stereocenters. The van der Waals surface area contributed by atoms with Crippen molar-refractivity contribution in [3.63, 3.8) is 0 Å². The SMILES string of the molecule is O=C(NCc1ccc(F)cc1)Nc1cncc(F)c1. The highest BCUT2D eigenvalue weighted by molar-refractivity contribution is 5.88. The molecular formula is C13H11F2N3O. The first-order valence-corrected chi connectivity index (χ1v) is 5.53. The Labute approximate surface area is 108 Å². The van der Waals surface area contributed by atoms with Crippen LogP contribution < -0.4 is 10.6 Å². The summed E-state index contributed by atoms with van der Waals surface area (Å²) in [5.74, 6) is -0.865. The van der Waals surface area contributed by atoms with Crippen LogP contribution in [0.1, 0.15) is 5.56 Å². The number of hydrogen-bond acceptors (Lipinski definition) is 2. The standard InChI is InChI=1S/C13H11F2N3O/c14-10-3-1-9(2-4-10)6-17-13(19)18-12-5-11(15)7-16-8-12/h1-5,7-8H,6H2,(H2,17,18,19). The summed E-state index contributed by atoms with van der Waals surface area (Å²) >= 11 is 0. The molecule has 1 aromatic heterocycles. The van der Waals surface area contributed by atoms with Gasteiger partial charge >= 0.3 is 6.03 Å². The summed E-state index contributed by atoms with van der Waals surface area (Å²) in [6.07, 6.45) is 2.38. The van der Waals surface area contributed by atoms with E-state index in [1.807, 2.05) is 0 Å². The molecule has 1 aromatic carbocycles. The van der Waals surface area contributed by atoms with Gasteiger partial charge in [0.1, 0.15) is 11.6 Å². The summed E-state index contributed by atoms with van der Waals surface area (Å²) in [6, 6.07) is 6.43. The van der Waals surface area contributed by atoms with E-state index >= 15 is 0 Å². The summed E-state index contributed by atoms with van der Waals surface area (Å²) < 4.78 is 25.5. The summed E-state index contributed by atoms with van der Waals surface area (Å²) in [7, 11) is 0. The molecule has 0 saturated heterocycles. The second kappa shape index (κ2) is 5.90. The van der Waals surface area contributed by atoms with Crippen LogP contribution >= 0.6 is 0 Å². The average Bonchev–Trinajstić information content (AvgIpc) is 2.38. The summed E-state index contributed by atoms with van der Waals surface area (Å²) in [5, 5.41) is 5.00. The smallest absolute Gasteiger partial charge is 0.319 e. The van der Waals surface area contributed by atoms with Crippen molar-refractivity contribution in [2.45, 2.75) is 6.54 Å². The van der Waals surface area contributed by atoms with Crippen molar-refractivity contribution in [1.82, 2.24) is 10.3 Å². The molecule has 4 nitrogen and oxygen atoms in total. The number of carbonyl (C=O) groups is 1. The predicted octanol–water partition coefficient (Wildman–Crippen LogP) is 2.68. The zero-order valence-corrected chi connectivity index (χ0v) is 9.86. The second-order valence-electron chi connectivity index (χ2n) is 3.83. The monoisotopic (exact) mass is 263 g/mol. The van der Waals surface area contributed by atoms with Gasteiger partial charge in [0.25, 0.3) is 0 Å². The third-order valence-corrected chi connectivity index (χ3v) is 2.33. The van der Waals surface area contributed by atoms with E-state index in [4.69, 9.17) is 0 Å². The Bertz CT molecular complexity index is 572. The third-order valence-electron chi connectivity index (χ3n) is 2.33. The lowest BCUT2D eigenvalue weighted by molar-refractivity contribution is 0.251. The quantitative estimate of drug-likeness (QED) is 0.894. The molecule has 0 atom stereocenters. The maximum Gasteiger partial charge on any atom is 0.319 e. The van der Waals surface area contributed by atoms with Crippen LogP contribution in [0.25, 0.3) is 0 Å². The van der Waals surface area contributed by atoms with Gasteiger partial charge in [0, 0.05) is 12.6 Å². The molecule has 6 heteroatoms. The van der Waals surface area contributed by atoms with Gasteiger partial charge in [-0.2, -0.15) is 0 Å². The lowest BCUT2D eigenvalue weighted by atomic mass is 10.2. The van der Waals surface area contributed by atoms with Crippen molar-refractivity contribution in [3.05, 3.63) is 59.9 Å². The van der Waals surface area contributed by atoms with Gasteiger partial charge in [-0.3, -0.25) is 4.98 Å². The Morgan fingerprint density at radius 3 is 2.53 bits per heavy atom. The van der Waals surface area contributed by atoms with Crippen molar-refractivity contribution >= 4 is 11.7 Å². The largest absolute Gasteiger partial charge is 0.334 e. The number of anilines is 1. The number of amides is 2. The van der Waals surface area contributed by atoms with Gasteiger partial charge in [0.15, 0.2) is 0 Å². The molecular weight excluding hydrogens is 252 g/mol. The molecule has 0 aliphatic heterocycles. The predicted molar refractivity (Wildman–Crippen MR) is 66.5 cm³/mol. The minimum Gasteiger partial charge on any atom is -0.334 e. The molecule has 0 aliphatic carbocycles. The zero-order chi connectivity index (χ0) is 13.7. The Kier molecular flexibility index (Phi) is 4.02. The molecule has 2 amide bonds. The number of rotatable bonds is 3. The molecule has 19 heavy (non-hydrogen) atoms. The molecule has 2 aromatic rings. The van der Waals surface area contributed by atoms with E-state index in [9.17, 15) is 13.6 Å². The van der Waals surface area contributed by atoms with Gasteiger partial charge in [-0.15, -0.1) is 0 Å². The average molecular weight is 263 g/mol. The molecule has 0 aliphatic rings. The van der Waals surface area contributed by atoms with Crippen molar-refractivity contribution in [1.29, 1.82) is 0 Å². The first-order valence-electron chi connectivity index (χ1n) is 5.53. The maximum absolute atomic E-state index is 12.8. The minimum absolute atomic E-state index is 0.245. The van der Waals surface area contributed by atoms with Gasteiger partial charge in [-0.1, -0.05) is 12.1 Å². The van der Waals surface area contributed by atoms with Crippen LogP contribution in [-0.2, 0) is 6.54 Å². The number of aromatic nitrogens is 1. The molecule has 1 heterocycles. The van der Waals surface area contributed by atoms with Gasteiger partial charge in [-0.25, -0.2) is 13.6 Å². The van der Waals surface area contributed by atoms with Crippen LogP contribution in [0.15, 0.2) is 42.7 Å². The first-order chi connectivity index (χ1) is 9.13. The van der Waals surface area contributed by atoms with Crippen LogP contribution in [0.3, 0.4) is 0 Å². The van der Waals surface area contributed by atoms with Crippen LogP contribution in [0.4, 0.5) is 19.3 Å². The topological polar surface area (TPSA) is 54.0 Å². The van der Waals surface area contributed by atoms with Crippen LogP contribution in [-0.4, -0.2) is 11.0 Å². The molecule has 0 spiro atoms. The molecule has 0 saturated carbocycles. The Morgan fingerprint density at radius 2 is 1.84 bits per heavy atom. The van der Waals surface area contributed by atoms with Crippen molar-refractivity contribution in [3.8, 4) is 0 Å². The van der Waals surface area contributed by atoms with Crippen molar-refractivity contribution < 1.29 is 13.6 Å². The fourth-order valence-corrected chi connectivity index (χ4v) is 1.44. The van der Waals surface area contributed by atoms with Crippen LogP contribution in [0.5, 0.6) is 0 Å². The fraction of sp³-hybridized carbons (Fsp3) is 0.0769. The number of nitrogens with zero attached hydrogens (tertiary/aromatic N) is 1. The van der Waals surface area contributed by atoms with Crippen molar-refractivity contribution in [2.24, 2.45) is 0 Å².